The Hall–Kier alpha value is -0.410. The summed E-state index contributed by atoms with van der Waals surface area (Å²) < 4.78 is 0. The van der Waals surface area contributed by atoms with E-state index in [1.165, 1.54) is 4.88 Å². The van der Waals surface area contributed by atoms with Crippen LogP contribution in [0.3, 0.4) is 0 Å². The standard InChI is InChI=1S/C7H11NOS/c9-4-2-1-3-7-5-8-6-10-7/h5-6,9H,1-4H2. The van der Waals surface area contributed by atoms with Gasteiger partial charge in [0.25, 0.3) is 0 Å². The van der Waals surface area contributed by atoms with Gasteiger partial charge in [0.15, 0.2) is 0 Å². The van der Waals surface area contributed by atoms with Crippen molar-refractivity contribution in [2.45, 2.75) is 19.3 Å². The second-order valence-electron chi connectivity index (χ2n) is 2.15. The molecule has 3 heteroatoms. The van der Waals surface area contributed by atoms with E-state index >= 15 is 0 Å². The summed E-state index contributed by atoms with van der Waals surface area (Å²) in [6, 6.07) is 0. The van der Waals surface area contributed by atoms with E-state index in [1.54, 1.807) is 11.3 Å². The highest BCUT2D eigenvalue weighted by Crippen LogP contribution is 2.08. The highest BCUT2D eigenvalue weighted by molar-refractivity contribution is 7.09. The number of aromatic nitrogens is 1. The zero-order valence-electron chi connectivity index (χ0n) is 5.79. The van der Waals surface area contributed by atoms with Crippen LogP contribution in [0.4, 0.5) is 0 Å². The first-order valence-corrected chi connectivity index (χ1v) is 4.29. The fourth-order valence-electron chi connectivity index (χ4n) is 0.777. The van der Waals surface area contributed by atoms with Crippen molar-refractivity contribution in [2.24, 2.45) is 0 Å². The number of aliphatic hydroxyl groups excluding tert-OH is 1. The summed E-state index contributed by atoms with van der Waals surface area (Å²) >= 11 is 1.68. The van der Waals surface area contributed by atoms with Crippen molar-refractivity contribution in [1.82, 2.24) is 4.98 Å². The highest BCUT2D eigenvalue weighted by atomic mass is 32.1. The highest BCUT2D eigenvalue weighted by Gasteiger charge is 1.92. The van der Waals surface area contributed by atoms with Gasteiger partial charge in [-0.1, -0.05) is 0 Å². The third kappa shape index (κ3) is 2.45. The maximum atomic E-state index is 8.48. The maximum Gasteiger partial charge on any atom is 0.0794 e. The largest absolute Gasteiger partial charge is 0.396 e. The second kappa shape index (κ2) is 4.41. The van der Waals surface area contributed by atoms with Gasteiger partial charge in [-0.05, 0) is 19.3 Å². The van der Waals surface area contributed by atoms with Crippen LogP contribution >= 0.6 is 11.3 Å². The van der Waals surface area contributed by atoms with Crippen molar-refractivity contribution in [3.05, 3.63) is 16.6 Å². The molecule has 1 aromatic rings. The van der Waals surface area contributed by atoms with Crippen LogP contribution in [0, 0.1) is 0 Å². The molecule has 2 nitrogen and oxygen atoms in total. The first-order chi connectivity index (χ1) is 4.93. The average molecular weight is 157 g/mol. The van der Waals surface area contributed by atoms with E-state index in [9.17, 15) is 0 Å². The molecule has 0 fully saturated rings. The quantitative estimate of drug-likeness (QED) is 0.671. The van der Waals surface area contributed by atoms with Crippen LogP contribution in [0.25, 0.3) is 0 Å². The molecule has 0 unspecified atom stereocenters. The number of aliphatic hydroxyl groups is 1. The molecule has 1 heterocycles. The van der Waals surface area contributed by atoms with Crippen LogP contribution < -0.4 is 0 Å². The van der Waals surface area contributed by atoms with E-state index in [-0.39, 0.29) is 0 Å². The third-order valence-electron chi connectivity index (χ3n) is 1.31. The van der Waals surface area contributed by atoms with Crippen LogP contribution in [-0.4, -0.2) is 16.7 Å². The number of thiazole rings is 1. The zero-order chi connectivity index (χ0) is 7.23. The molecule has 0 saturated carbocycles. The number of nitrogens with zero attached hydrogens (tertiary/aromatic N) is 1. The van der Waals surface area contributed by atoms with Crippen molar-refractivity contribution >= 4 is 11.3 Å². The fourth-order valence-corrected chi connectivity index (χ4v) is 1.42. The van der Waals surface area contributed by atoms with Gasteiger partial charge in [0, 0.05) is 17.7 Å². The molecule has 0 amide bonds. The molecular weight excluding hydrogens is 146 g/mol. The summed E-state index contributed by atoms with van der Waals surface area (Å²) in [5, 5.41) is 8.48. The minimum atomic E-state index is 0.304. The summed E-state index contributed by atoms with van der Waals surface area (Å²) in [4.78, 5) is 5.27. The van der Waals surface area contributed by atoms with Gasteiger partial charge in [0.2, 0.25) is 0 Å². The van der Waals surface area contributed by atoms with Gasteiger partial charge >= 0.3 is 0 Å². The topological polar surface area (TPSA) is 33.1 Å². The maximum absolute atomic E-state index is 8.48. The minimum Gasteiger partial charge on any atom is -0.396 e. The Morgan fingerprint density at radius 3 is 3.00 bits per heavy atom. The van der Waals surface area contributed by atoms with E-state index < -0.39 is 0 Å². The van der Waals surface area contributed by atoms with Gasteiger partial charge in [0.1, 0.15) is 0 Å². The Bertz CT molecular complexity index is 162. The van der Waals surface area contributed by atoms with Gasteiger partial charge in [0.05, 0.1) is 5.51 Å². The normalized spacial score (nSPS) is 10.1. The van der Waals surface area contributed by atoms with Gasteiger partial charge in [-0.15, -0.1) is 11.3 Å². The van der Waals surface area contributed by atoms with Crippen LogP contribution in [-0.2, 0) is 6.42 Å². The van der Waals surface area contributed by atoms with Gasteiger partial charge in [-0.3, -0.25) is 4.98 Å². The number of aryl methyl sites for hydroxylation is 1. The molecule has 0 atom stereocenters. The third-order valence-corrected chi connectivity index (χ3v) is 2.15. The predicted octanol–water partition coefficient (Wildman–Crippen LogP) is 1.46. The molecule has 1 N–H and O–H groups in total. The summed E-state index contributed by atoms with van der Waals surface area (Å²) in [6.45, 7) is 0.304. The molecule has 0 saturated heterocycles. The summed E-state index contributed by atoms with van der Waals surface area (Å²) in [6.07, 6.45) is 4.92. The van der Waals surface area contributed by atoms with Crippen molar-refractivity contribution in [1.29, 1.82) is 0 Å². The van der Waals surface area contributed by atoms with E-state index in [0.717, 1.165) is 19.3 Å². The number of hydrogen-bond acceptors (Lipinski definition) is 3. The SMILES string of the molecule is OCCCCc1cncs1. The molecule has 0 aromatic carbocycles. The number of rotatable bonds is 4. The van der Waals surface area contributed by atoms with E-state index in [1.807, 2.05) is 11.7 Å². The van der Waals surface area contributed by atoms with Crippen LogP contribution in [0.5, 0.6) is 0 Å². The molecule has 0 bridgehead atoms. The average Bonchev–Trinajstić information content (AvgIpc) is 2.41. The monoisotopic (exact) mass is 157 g/mol. The van der Waals surface area contributed by atoms with Crippen molar-refractivity contribution in [2.75, 3.05) is 6.61 Å². The van der Waals surface area contributed by atoms with Gasteiger partial charge < -0.3 is 5.11 Å². The predicted molar refractivity (Wildman–Crippen MR) is 42.1 cm³/mol. The fraction of sp³-hybridized carbons (Fsp3) is 0.571. The summed E-state index contributed by atoms with van der Waals surface area (Å²) in [5.74, 6) is 0. The molecule has 0 spiro atoms. The molecule has 0 aliphatic rings. The smallest absolute Gasteiger partial charge is 0.0794 e. The van der Waals surface area contributed by atoms with Gasteiger partial charge in [-0.25, -0.2) is 0 Å². The van der Waals surface area contributed by atoms with Crippen molar-refractivity contribution < 1.29 is 5.11 Å². The van der Waals surface area contributed by atoms with E-state index in [4.69, 9.17) is 5.11 Å². The zero-order valence-corrected chi connectivity index (χ0v) is 6.60. The Labute approximate surface area is 64.5 Å². The summed E-state index contributed by atoms with van der Waals surface area (Å²) in [5.41, 5.74) is 1.84. The Morgan fingerprint density at radius 1 is 1.50 bits per heavy atom. The molecule has 0 aliphatic heterocycles. The van der Waals surface area contributed by atoms with Gasteiger partial charge in [-0.2, -0.15) is 0 Å². The van der Waals surface area contributed by atoms with Crippen LogP contribution in [0.1, 0.15) is 17.7 Å². The molecule has 1 aromatic heterocycles. The molecule has 56 valence electrons. The lowest BCUT2D eigenvalue weighted by Gasteiger charge is -1.92. The van der Waals surface area contributed by atoms with E-state index in [2.05, 4.69) is 4.98 Å². The molecule has 0 radical (unpaired) electrons. The first-order valence-electron chi connectivity index (χ1n) is 3.41. The number of hydrogen-bond donors (Lipinski definition) is 1. The van der Waals surface area contributed by atoms with Crippen molar-refractivity contribution in [3.8, 4) is 0 Å². The van der Waals surface area contributed by atoms with E-state index in [0.29, 0.717) is 6.61 Å². The summed E-state index contributed by atoms with van der Waals surface area (Å²) in [7, 11) is 0. The lowest BCUT2D eigenvalue weighted by molar-refractivity contribution is 0.285. The minimum absolute atomic E-state index is 0.304. The van der Waals surface area contributed by atoms with Crippen LogP contribution in [0.2, 0.25) is 0 Å². The number of unbranched alkanes of at least 4 members (excludes halogenated alkanes) is 1. The Balaban J connectivity index is 2.15. The Morgan fingerprint density at radius 2 is 2.40 bits per heavy atom. The molecule has 10 heavy (non-hydrogen) atoms. The molecule has 0 aliphatic carbocycles. The van der Waals surface area contributed by atoms with Crippen molar-refractivity contribution in [3.63, 3.8) is 0 Å². The molecule has 1 rings (SSSR count). The molecular formula is C7H11NOS. The lowest BCUT2D eigenvalue weighted by Crippen LogP contribution is -1.85. The first kappa shape index (κ1) is 7.69. The van der Waals surface area contributed by atoms with Crippen LogP contribution in [0.15, 0.2) is 11.7 Å². The Kier molecular flexibility index (Phi) is 3.40. The lowest BCUT2D eigenvalue weighted by atomic mass is 10.2. The second-order valence-corrected chi connectivity index (χ2v) is 3.12.